The van der Waals surface area contributed by atoms with Crippen molar-refractivity contribution in [3.63, 3.8) is 0 Å². The molecular weight excluding hydrogens is 248 g/mol. The Labute approximate surface area is 109 Å². The minimum Gasteiger partial charge on any atom is -0.477 e. The van der Waals surface area contributed by atoms with Gasteiger partial charge in [-0.25, -0.2) is 9.78 Å². The molecule has 0 atom stereocenters. The van der Waals surface area contributed by atoms with E-state index in [1.54, 1.807) is 36.6 Å². The average molecular weight is 260 g/mol. The summed E-state index contributed by atoms with van der Waals surface area (Å²) in [6, 6.07) is 5.30. The van der Waals surface area contributed by atoms with Gasteiger partial charge in [-0.3, -0.25) is 4.57 Å². The lowest BCUT2D eigenvalue weighted by Crippen LogP contribution is -2.09. The summed E-state index contributed by atoms with van der Waals surface area (Å²) in [5.74, 6) is 0.888. The van der Waals surface area contributed by atoms with E-state index in [1.165, 1.54) is 0 Å². The predicted octanol–water partition coefficient (Wildman–Crippen LogP) is 1.92. The Morgan fingerprint density at radius 1 is 1.32 bits per heavy atom. The second kappa shape index (κ2) is 4.01. The Balaban J connectivity index is 2.19. The van der Waals surface area contributed by atoms with Crippen LogP contribution >= 0.6 is 0 Å². The molecule has 0 aliphatic carbocycles. The van der Waals surface area contributed by atoms with Gasteiger partial charge in [0.15, 0.2) is 17.2 Å². The fourth-order valence-corrected chi connectivity index (χ4v) is 2.26. The number of carbonyl (C=O) groups is 1. The Hall–Kier alpha value is -2.50. The van der Waals surface area contributed by atoms with E-state index in [1.807, 2.05) is 0 Å². The average Bonchev–Trinajstić information content (AvgIpc) is 2.91. The van der Waals surface area contributed by atoms with E-state index < -0.39 is 5.97 Å². The van der Waals surface area contributed by atoms with Crippen molar-refractivity contribution in [1.29, 1.82) is 0 Å². The summed E-state index contributed by atoms with van der Waals surface area (Å²) in [5.41, 5.74) is 1.35. The number of ether oxygens (including phenoxy) is 2. The van der Waals surface area contributed by atoms with Crippen LogP contribution in [0.2, 0.25) is 0 Å². The van der Waals surface area contributed by atoms with Crippen molar-refractivity contribution >= 4 is 5.97 Å². The van der Waals surface area contributed by atoms with E-state index in [0.717, 1.165) is 0 Å². The molecule has 3 rings (SSSR count). The van der Waals surface area contributed by atoms with Crippen molar-refractivity contribution in [1.82, 2.24) is 9.55 Å². The molecule has 2 aromatic rings. The molecule has 0 fully saturated rings. The highest BCUT2D eigenvalue weighted by molar-refractivity contribution is 5.88. The minimum atomic E-state index is -1.00. The summed E-state index contributed by atoms with van der Waals surface area (Å²) in [7, 11) is 0. The lowest BCUT2D eigenvalue weighted by molar-refractivity contribution is 0.0687. The van der Waals surface area contributed by atoms with Crippen LogP contribution in [0.5, 0.6) is 11.5 Å². The topological polar surface area (TPSA) is 73.6 Å². The molecule has 2 heterocycles. The zero-order valence-corrected chi connectivity index (χ0v) is 10.5. The lowest BCUT2D eigenvalue weighted by atomic mass is 10.2. The number of fused-ring (bicyclic) bond motifs is 1. The van der Waals surface area contributed by atoms with Gasteiger partial charge in [-0.15, -0.1) is 0 Å². The van der Waals surface area contributed by atoms with Crippen molar-refractivity contribution in [2.75, 3.05) is 6.79 Å². The summed E-state index contributed by atoms with van der Waals surface area (Å²) >= 11 is 0. The van der Waals surface area contributed by atoms with Crippen molar-refractivity contribution in [2.45, 2.75) is 13.8 Å². The van der Waals surface area contributed by atoms with E-state index in [-0.39, 0.29) is 12.5 Å². The van der Waals surface area contributed by atoms with Gasteiger partial charge in [-0.1, -0.05) is 0 Å². The molecule has 0 radical (unpaired) electrons. The maximum atomic E-state index is 11.3. The van der Waals surface area contributed by atoms with Crippen LogP contribution in [0.15, 0.2) is 18.2 Å². The Kier molecular flexibility index (Phi) is 2.45. The van der Waals surface area contributed by atoms with Crippen LogP contribution in [-0.4, -0.2) is 27.4 Å². The zero-order valence-electron chi connectivity index (χ0n) is 10.5. The fourth-order valence-electron chi connectivity index (χ4n) is 2.26. The monoisotopic (exact) mass is 260 g/mol. The number of hydrogen-bond acceptors (Lipinski definition) is 4. The molecule has 0 unspecified atom stereocenters. The van der Waals surface area contributed by atoms with Gasteiger partial charge in [0.05, 0.1) is 11.4 Å². The van der Waals surface area contributed by atoms with Crippen LogP contribution in [-0.2, 0) is 0 Å². The molecule has 1 N–H and O–H groups in total. The van der Waals surface area contributed by atoms with Gasteiger partial charge in [-0.2, -0.15) is 0 Å². The fraction of sp³-hybridized carbons (Fsp3) is 0.231. The molecular formula is C13H12N2O4. The SMILES string of the molecule is Cc1nc(C)n(-c2ccc3c(c2)OCO3)c1C(=O)O. The Morgan fingerprint density at radius 3 is 2.79 bits per heavy atom. The molecule has 6 heteroatoms. The molecule has 0 bridgehead atoms. The van der Waals surface area contributed by atoms with Crippen LogP contribution in [0.25, 0.3) is 5.69 Å². The molecule has 1 aliphatic rings. The van der Waals surface area contributed by atoms with Crippen LogP contribution < -0.4 is 9.47 Å². The highest BCUT2D eigenvalue weighted by Gasteiger charge is 2.21. The zero-order chi connectivity index (χ0) is 13.6. The van der Waals surface area contributed by atoms with Crippen LogP contribution in [0, 0.1) is 13.8 Å². The lowest BCUT2D eigenvalue weighted by Gasteiger charge is -2.09. The third-order valence-electron chi connectivity index (χ3n) is 3.04. The van der Waals surface area contributed by atoms with Gasteiger partial charge < -0.3 is 14.6 Å². The first-order valence-corrected chi connectivity index (χ1v) is 5.77. The van der Waals surface area contributed by atoms with Crippen LogP contribution in [0.3, 0.4) is 0 Å². The van der Waals surface area contributed by atoms with E-state index in [0.29, 0.717) is 28.7 Å². The molecule has 0 spiro atoms. The number of carboxylic acids is 1. The number of imidazole rings is 1. The standard InChI is InChI=1S/C13H12N2O4/c1-7-12(13(16)17)15(8(2)14-7)9-3-4-10-11(5-9)19-6-18-10/h3-5H,6H2,1-2H3,(H,16,17). The first-order chi connectivity index (χ1) is 9.08. The number of aromatic nitrogens is 2. The van der Waals surface area contributed by atoms with E-state index in [4.69, 9.17) is 9.47 Å². The number of aromatic carboxylic acids is 1. The van der Waals surface area contributed by atoms with E-state index in [9.17, 15) is 9.90 Å². The van der Waals surface area contributed by atoms with E-state index in [2.05, 4.69) is 4.98 Å². The third-order valence-corrected chi connectivity index (χ3v) is 3.04. The normalized spacial score (nSPS) is 12.7. The number of hydrogen-bond donors (Lipinski definition) is 1. The van der Waals surface area contributed by atoms with Crippen molar-refractivity contribution < 1.29 is 19.4 Å². The smallest absolute Gasteiger partial charge is 0.354 e. The first kappa shape index (κ1) is 11.6. The molecule has 0 saturated carbocycles. The summed E-state index contributed by atoms with van der Waals surface area (Å²) in [6.07, 6.45) is 0. The summed E-state index contributed by atoms with van der Waals surface area (Å²) in [4.78, 5) is 15.6. The van der Waals surface area contributed by atoms with Crippen molar-refractivity contribution in [3.05, 3.63) is 35.4 Å². The largest absolute Gasteiger partial charge is 0.477 e. The van der Waals surface area contributed by atoms with Gasteiger partial charge in [0.2, 0.25) is 6.79 Å². The number of rotatable bonds is 2. The quantitative estimate of drug-likeness (QED) is 0.892. The molecule has 1 aromatic carbocycles. The maximum absolute atomic E-state index is 11.3. The van der Waals surface area contributed by atoms with Gasteiger partial charge >= 0.3 is 5.97 Å². The van der Waals surface area contributed by atoms with Crippen LogP contribution in [0.4, 0.5) is 0 Å². The molecule has 98 valence electrons. The van der Waals surface area contributed by atoms with Gasteiger partial charge in [0, 0.05) is 6.07 Å². The molecule has 19 heavy (non-hydrogen) atoms. The molecule has 0 saturated heterocycles. The third kappa shape index (κ3) is 1.72. The van der Waals surface area contributed by atoms with Crippen molar-refractivity contribution in [2.24, 2.45) is 0 Å². The predicted molar refractivity (Wildman–Crippen MR) is 66.1 cm³/mol. The molecule has 0 amide bonds. The number of carboxylic acid groups (broad SMARTS) is 1. The van der Waals surface area contributed by atoms with E-state index >= 15 is 0 Å². The summed E-state index contributed by atoms with van der Waals surface area (Å²) in [6.45, 7) is 3.64. The highest BCUT2D eigenvalue weighted by atomic mass is 16.7. The number of nitrogens with zero attached hydrogens (tertiary/aromatic N) is 2. The maximum Gasteiger partial charge on any atom is 0.354 e. The summed E-state index contributed by atoms with van der Waals surface area (Å²) in [5, 5.41) is 9.30. The first-order valence-electron chi connectivity index (χ1n) is 5.77. The van der Waals surface area contributed by atoms with Gasteiger partial charge in [-0.05, 0) is 26.0 Å². The Bertz CT molecular complexity index is 676. The highest BCUT2D eigenvalue weighted by Crippen LogP contribution is 2.34. The van der Waals surface area contributed by atoms with Gasteiger partial charge in [0.1, 0.15) is 5.82 Å². The minimum absolute atomic E-state index is 0.163. The van der Waals surface area contributed by atoms with Crippen LogP contribution in [0.1, 0.15) is 22.0 Å². The molecule has 6 nitrogen and oxygen atoms in total. The molecule has 1 aromatic heterocycles. The second-order valence-corrected chi connectivity index (χ2v) is 4.27. The Morgan fingerprint density at radius 2 is 2.05 bits per heavy atom. The number of aryl methyl sites for hydroxylation is 2. The second-order valence-electron chi connectivity index (χ2n) is 4.27. The summed E-state index contributed by atoms with van der Waals surface area (Å²) < 4.78 is 12.1. The number of benzene rings is 1. The van der Waals surface area contributed by atoms with Crippen molar-refractivity contribution in [3.8, 4) is 17.2 Å². The van der Waals surface area contributed by atoms with Gasteiger partial charge in [0.25, 0.3) is 0 Å². The molecule has 1 aliphatic heterocycles.